The Labute approximate surface area is 97.6 Å². The van der Waals surface area contributed by atoms with E-state index in [1.165, 1.54) is 0 Å². The molecule has 0 N–H and O–H groups in total. The first-order valence-corrected chi connectivity index (χ1v) is 6.14. The summed E-state index contributed by atoms with van der Waals surface area (Å²) in [5.74, 6) is 1.50. The minimum Gasteiger partial charge on any atom is -0.444 e. The van der Waals surface area contributed by atoms with E-state index in [1.807, 2.05) is 20.8 Å². The topological polar surface area (TPSA) is 29.5 Å². The lowest BCUT2D eigenvalue weighted by molar-refractivity contribution is 0.0288. The highest BCUT2D eigenvalue weighted by molar-refractivity contribution is 7.80. The van der Waals surface area contributed by atoms with Gasteiger partial charge in [-0.25, -0.2) is 4.79 Å². The molecule has 0 spiro atoms. The Morgan fingerprint density at radius 1 is 1.53 bits per heavy atom. The van der Waals surface area contributed by atoms with Gasteiger partial charge in [-0.3, -0.25) is 0 Å². The van der Waals surface area contributed by atoms with Crippen molar-refractivity contribution in [1.29, 1.82) is 0 Å². The molecule has 0 aliphatic carbocycles. The Morgan fingerprint density at radius 2 is 2.20 bits per heavy atom. The zero-order chi connectivity index (χ0) is 11.5. The summed E-state index contributed by atoms with van der Waals surface area (Å²) in [6.07, 6.45) is 1.99. The van der Waals surface area contributed by atoms with Gasteiger partial charge in [-0.2, -0.15) is 12.6 Å². The molecule has 1 amide bonds. The van der Waals surface area contributed by atoms with Crippen molar-refractivity contribution in [3.8, 4) is 0 Å². The molecule has 0 aromatic heterocycles. The summed E-state index contributed by atoms with van der Waals surface area (Å²) in [6, 6.07) is 0. The summed E-state index contributed by atoms with van der Waals surface area (Å²) in [5, 5.41) is 0. The average Bonchev–Trinajstić information content (AvgIpc) is 2.50. The largest absolute Gasteiger partial charge is 0.444 e. The summed E-state index contributed by atoms with van der Waals surface area (Å²) < 4.78 is 5.32. The third kappa shape index (κ3) is 4.33. The number of carbonyl (C=O) groups excluding carboxylic acids is 1. The molecule has 1 unspecified atom stereocenters. The number of amides is 1. The predicted molar refractivity (Wildman–Crippen MR) is 64.4 cm³/mol. The molecular formula is C11H21NO2S. The molecule has 4 heteroatoms. The standard InChI is InChI=1S/C11H21NO2S/c1-11(2,3)14-10(13)12-6-4-9(8-12)5-7-15/h9,15H,4-8H2,1-3H3. The molecule has 1 aliphatic heterocycles. The highest BCUT2D eigenvalue weighted by Crippen LogP contribution is 2.21. The molecule has 88 valence electrons. The lowest BCUT2D eigenvalue weighted by atomic mass is 10.1. The summed E-state index contributed by atoms with van der Waals surface area (Å²) in [7, 11) is 0. The lowest BCUT2D eigenvalue weighted by Crippen LogP contribution is -2.35. The summed E-state index contributed by atoms with van der Waals surface area (Å²) in [4.78, 5) is 13.5. The second-order valence-corrected chi connectivity index (χ2v) is 5.54. The van der Waals surface area contributed by atoms with Crippen molar-refractivity contribution < 1.29 is 9.53 Å². The van der Waals surface area contributed by atoms with Crippen LogP contribution < -0.4 is 0 Å². The van der Waals surface area contributed by atoms with Gasteiger partial charge in [0.05, 0.1) is 0 Å². The number of ether oxygens (including phenoxy) is 1. The minimum absolute atomic E-state index is 0.177. The Bertz CT molecular complexity index is 225. The van der Waals surface area contributed by atoms with Crippen molar-refractivity contribution in [1.82, 2.24) is 4.90 Å². The van der Waals surface area contributed by atoms with E-state index in [0.717, 1.165) is 31.7 Å². The van der Waals surface area contributed by atoms with E-state index >= 15 is 0 Å². The van der Waals surface area contributed by atoms with Gasteiger partial charge < -0.3 is 9.64 Å². The number of carbonyl (C=O) groups is 1. The van der Waals surface area contributed by atoms with Crippen LogP contribution in [-0.2, 0) is 4.74 Å². The Hall–Kier alpha value is -0.380. The van der Waals surface area contributed by atoms with Crippen molar-refractivity contribution in [2.75, 3.05) is 18.8 Å². The normalized spacial score (nSPS) is 21.9. The molecular weight excluding hydrogens is 210 g/mol. The van der Waals surface area contributed by atoms with Gasteiger partial charge in [0, 0.05) is 13.1 Å². The van der Waals surface area contributed by atoms with Gasteiger partial charge in [-0.05, 0) is 45.3 Å². The fourth-order valence-corrected chi connectivity index (χ4v) is 2.11. The predicted octanol–water partition coefficient (Wildman–Crippen LogP) is 2.56. The second kappa shape index (κ2) is 5.10. The van der Waals surface area contributed by atoms with Crippen LogP contribution in [0, 0.1) is 5.92 Å². The lowest BCUT2D eigenvalue weighted by Gasteiger charge is -2.24. The Kier molecular flexibility index (Phi) is 4.32. The van der Waals surface area contributed by atoms with Gasteiger partial charge >= 0.3 is 6.09 Å². The van der Waals surface area contributed by atoms with E-state index < -0.39 is 5.60 Å². The van der Waals surface area contributed by atoms with E-state index in [0.29, 0.717) is 5.92 Å². The molecule has 1 aliphatic rings. The van der Waals surface area contributed by atoms with Crippen molar-refractivity contribution in [2.24, 2.45) is 5.92 Å². The fourth-order valence-electron chi connectivity index (χ4n) is 1.74. The molecule has 0 aromatic rings. The zero-order valence-electron chi connectivity index (χ0n) is 9.82. The summed E-state index contributed by atoms with van der Waals surface area (Å²) in [6.45, 7) is 7.34. The van der Waals surface area contributed by atoms with Crippen LogP contribution in [0.2, 0.25) is 0 Å². The highest BCUT2D eigenvalue weighted by Gasteiger charge is 2.29. The number of likely N-dealkylation sites (tertiary alicyclic amines) is 1. The highest BCUT2D eigenvalue weighted by atomic mass is 32.1. The van der Waals surface area contributed by atoms with Crippen LogP contribution in [0.1, 0.15) is 33.6 Å². The van der Waals surface area contributed by atoms with Crippen molar-refractivity contribution in [3.05, 3.63) is 0 Å². The number of nitrogens with zero attached hydrogens (tertiary/aromatic N) is 1. The van der Waals surface area contributed by atoms with Crippen LogP contribution in [0.15, 0.2) is 0 Å². The van der Waals surface area contributed by atoms with E-state index in [4.69, 9.17) is 4.74 Å². The van der Waals surface area contributed by atoms with Crippen molar-refractivity contribution in [2.45, 2.75) is 39.2 Å². The SMILES string of the molecule is CC(C)(C)OC(=O)N1CCC(CCS)C1. The molecule has 15 heavy (non-hydrogen) atoms. The van der Waals surface area contributed by atoms with Crippen molar-refractivity contribution >= 4 is 18.7 Å². The zero-order valence-corrected chi connectivity index (χ0v) is 10.7. The van der Waals surface area contributed by atoms with Crippen LogP contribution in [0.4, 0.5) is 4.79 Å². The molecule has 0 aromatic carbocycles. The molecule has 3 nitrogen and oxygen atoms in total. The third-order valence-electron chi connectivity index (χ3n) is 2.47. The molecule has 1 atom stereocenters. The van der Waals surface area contributed by atoms with Gasteiger partial charge in [0.15, 0.2) is 0 Å². The van der Waals surface area contributed by atoms with Gasteiger partial charge in [0.25, 0.3) is 0 Å². The molecule has 1 fully saturated rings. The Balaban J connectivity index is 2.37. The smallest absolute Gasteiger partial charge is 0.410 e. The van der Waals surface area contributed by atoms with E-state index in [9.17, 15) is 4.79 Å². The maximum absolute atomic E-state index is 11.7. The number of thiol groups is 1. The molecule has 0 radical (unpaired) electrons. The summed E-state index contributed by atoms with van der Waals surface area (Å²) >= 11 is 4.21. The first-order valence-electron chi connectivity index (χ1n) is 5.51. The van der Waals surface area contributed by atoms with E-state index in [2.05, 4.69) is 12.6 Å². The number of hydrogen-bond donors (Lipinski definition) is 1. The molecule has 0 bridgehead atoms. The molecule has 0 saturated carbocycles. The van der Waals surface area contributed by atoms with Gasteiger partial charge in [-0.15, -0.1) is 0 Å². The van der Waals surface area contributed by atoms with Crippen LogP contribution in [0.25, 0.3) is 0 Å². The van der Waals surface area contributed by atoms with Crippen LogP contribution in [0.5, 0.6) is 0 Å². The third-order valence-corrected chi connectivity index (χ3v) is 2.73. The number of rotatable bonds is 2. The maximum Gasteiger partial charge on any atom is 0.410 e. The fraction of sp³-hybridized carbons (Fsp3) is 0.909. The Morgan fingerprint density at radius 3 is 2.73 bits per heavy atom. The molecule has 1 saturated heterocycles. The van der Waals surface area contributed by atoms with Gasteiger partial charge in [0.2, 0.25) is 0 Å². The van der Waals surface area contributed by atoms with Gasteiger partial charge in [0.1, 0.15) is 5.60 Å². The van der Waals surface area contributed by atoms with Crippen LogP contribution in [0.3, 0.4) is 0 Å². The quantitative estimate of drug-likeness (QED) is 0.740. The average molecular weight is 231 g/mol. The van der Waals surface area contributed by atoms with E-state index in [1.54, 1.807) is 4.90 Å². The molecule has 1 heterocycles. The number of hydrogen-bond acceptors (Lipinski definition) is 3. The molecule has 1 rings (SSSR count). The van der Waals surface area contributed by atoms with Crippen LogP contribution >= 0.6 is 12.6 Å². The van der Waals surface area contributed by atoms with Crippen LogP contribution in [-0.4, -0.2) is 35.4 Å². The first-order chi connectivity index (χ1) is 6.92. The van der Waals surface area contributed by atoms with Gasteiger partial charge in [-0.1, -0.05) is 0 Å². The summed E-state index contributed by atoms with van der Waals surface area (Å²) in [5.41, 5.74) is -0.390. The van der Waals surface area contributed by atoms with E-state index in [-0.39, 0.29) is 6.09 Å². The minimum atomic E-state index is -0.390. The monoisotopic (exact) mass is 231 g/mol. The maximum atomic E-state index is 11.7. The first kappa shape index (κ1) is 12.7. The second-order valence-electron chi connectivity index (χ2n) is 5.09. The van der Waals surface area contributed by atoms with Crippen molar-refractivity contribution in [3.63, 3.8) is 0 Å².